The molecule has 26 heavy (non-hydrogen) atoms. The van der Waals surface area contributed by atoms with Gasteiger partial charge in [0.15, 0.2) is 0 Å². The topological polar surface area (TPSA) is 46.0 Å². The summed E-state index contributed by atoms with van der Waals surface area (Å²) in [4.78, 5) is 7.02. The third kappa shape index (κ3) is 3.44. The van der Waals surface area contributed by atoms with Gasteiger partial charge in [-0.3, -0.25) is 9.67 Å². The van der Waals surface area contributed by atoms with E-state index in [0.29, 0.717) is 12.0 Å². The summed E-state index contributed by atoms with van der Waals surface area (Å²) in [6.45, 7) is 7.41. The Labute approximate surface area is 155 Å². The Morgan fingerprint density at radius 2 is 2.08 bits per heavy atom. The summed E-state index contributed by atoms with van der Waals surface area (Å²) < 4.78 is 1.89. The highest BCUT2D eigenvalue weighted by atomic mass is 15.3. The minimum atomic E-state index is 0.465. The molecular weight excluding hydrogens is 322 g/mol. The summed E-state index contributed by atoms with van der Waals surface area (Å²) in [5.41, 5.74) is 4.76. The molecule has 1 fully saturated rings. The van der Waals surface area contributed by atoms with Crippen LogP contribution in [0, 0.1) is 12.8 Å². The number of fused-ring (bicyclic) bond motifs is 1. The van der Waals surface area contributed by atoms with Crippen LogP contribution in [0.15, 0.2) is 42.7 Å². The second-order valence-corrected chi connectivity index (χ2v) is 7.60. The zero-order valence-electron chi connectivity index (χ0n) is 15.8. The largest absolute Gasteiger partial charge is 0.369 e. The highest BCUT2D eigenvalue weighted by Crippen LogP contribution is 2.29. The first kappa shape index (κ1) is 17.0. The Balaban J connectivity index is 1.52. The van der Waals surface area contributed by atoms with Crippen LogP contribution in [0.1, 0.15) is 24.6 Å². The zero-order valence-corrected chi connectivity index (χ0v) is 15.8. The SMILES string of the molecule is Cc1cn(C)nc1CN[C@@H]1C[C@H](C)CN(c2cccc3ncccc23)C1. The van der Waals surface area contributed by atoms with Gasteiger partial charge in [0.1, 0.15) is 0 Å². The van der Waals surface area contributed by atoms with E-state index in [9.17, 15) is 0 Å². The number of nitrogens with one attached hydrogen (secondary N) is 1. The fraction of sp³-hybridized carbons (Fsp3) is 0.429. The van der Waals surface area contributed by atoms with Crippen LogP contribution in [-0.2, 0) is 13.6 Å². The monoisotopic (exact) mass is 349 g/mol. The highest BCUT2D eigenvalue weighted by molar-refractivity contribution is 5.91. The maximum Gasteiger partial charge on any atom is 0.0791 e. The van der Waals surface area contributed by atoms with Gasteiger partial charge < -0.3 is 10.2 Å². The van der Waals surface area contributed by atoms with Crippen LogP contribution in [-0.4, -0.2) is 33.9 Å². The lowest BCUT2D eigenvalue weighted by atomic mass is 9.94. The molecule has 0 radical (unpaired) electrons. The Morgan fingerprint density at radius 3 is 2.88 bits per heavy atom. The van der Waals surface area contributed by atoms with Crippen LogP contribution in [0.2, 0.25) is 0 Å². The van der Waals surface area contributed by atoms with E-state index in [-0.39, 0.29) is 0 Å². The molecule has 5 heteroatoms. The number of benzene rings is 1. The van der Waals surface area contributed by atoms with Crippen LogP contribution < -0.4 is 10.2 Å². The van der Waals surface area contributed by atoms with Crippen molar-refractivity contribution in [2.75, 3.05) is 18.0 Å². The van der Waals surface area contributed by atoms with E-state index in [1.807, 2.05) is 24.0 Å². The number of anilines is 1. The lowest BCUT2D eigenvalue weighted by Crippen LogP contribution is -2.48. The molecule has 2 atom stereocenters. The maximum absolute atomic E-state index is 4.56. The van der Waals surface area contributed by atoms with E-state index in [1.54, 1.807) is 0 Å². The fourth-order valence-electron chi connectivity index (χ4n) is 4.13. The van der Waals surface area contributed by atoms with Gasteiger partial charge in [0, 0.05) is 56.2 Å². The Bertz CT molecular complexity index is 895. The predicted octanol–water partition coefficient (Wildman–Crippen LogP) is 3.28. The maximum atomic E-state index is 4.56. The summed E-state index contributed by atoms with van der Waals surface area (Å²) in [5, 5.41) is 9.54. The van der Waals surface area contributed by atoms with Gasteiger partial charge in [0.05, 0.1) is 11.2 Å². The molecule has 4 rings (SSSR count). The summed E-state index contributed by atoms with van der Waals surface area (Å²) >= 11 is 0. The minimum Gasteiger partial charge on any atom is -0.369 e. The second-order valence-electron chi connectivity index (χ2n) is 7.60. The number of pyridine rings is 1. The number of rotatable bonds is 4. The smallest absolute Gasteiger partial charge is 0.0791 e. The van der Waals surface area contributed by atoms with Crippen LogP contribution >= 0.6 is 0 Å². The van der Waals surface area contributed by atoms with Crippen LogP contribution in [0.4, 0.5) is 5.69 Å². The van der Waals surface area contributed by atoms with E-state index >= 15 is 0 Å². The number of aryl methyl sites for hydroxylation is 2. The number of nitrogens with zero attached hydrogens (tertiary/aromatic N) is 4. The third-order valence-electron chi connectivity index (χ3n) is 5.30. The third-order valence-corrected chi connectivity index (χ3v) is 5.30. The standard InChI is InChI=1S/C21H27N5/c1-15-10-17(23-11-20-16(2)13-25(3)24-20)14-26(12-15)21-8-4-7-19-18(21)6-5-9-22-19/h4-9,13,15,17,23H,10-12,14H2,1-3H3/t15-,17+/m0/s1. The quantitative estimate of drug-likeness (QED) is 0.785. The molecule has 5 nitrogen and oxygen atoms in total. The molecular formula is C21H27N5. The van der Waals surface area contributed by atoms with Gasteiger partial charge in [-0.15, -0.1) is 0 Å². The normalized spacial score (nSPS) is 20.7. The van der Waals surface area contributed by atoms with E-state index in [2.05, 4.69) is 64.6 Å². The zero-order chi connectivity index (χ0) is 18.1. The molecule has 3 aromatic rings. The van der Waals surface area contributed by atoms with Crippen molar-refractivity contribution in [2.24, 2.45) is 13.0 Å². The van der Waals surface area contributed by atoms with Crippen LogP contribution in [0.3, 0.4) is 0 Å². The first-order chi connectivity index (χ1) is 12.6. The minimum absolute atomic E-state index is 0.465. The fourth-order valence-corrected chi connectivity index (χ4v) is 4.13. The van der Waals surface area contributed by atoms with Crippen molar-refractivity contribution in [1.82, 2.24) is 20.1 Å². The molecule has 136 valence electrons. The lowest BCUT2D eigenvalue weighted by molar-refractivity contribution is 0.348. The first-order valence-corrected chi connectivity index (χ1v) is 9.41. The van der Waals surface area contributed by atoms with Crippen molar-refractivity contribution in [3.63, 3.8) is 0 Å². The lowest BCUT2D eigenvalue weighted by Gasteiger charge is -2.38. The van der Waals surface area contributed by atoms with Crippen molar-refractivity contribution in [2.45, 2.75) is 32.9 Å². The van der Waals surface area contributed by atoms with Crippen molar-refractivity contribution in [3.8, 4) is 0 Å². The molecule has 1 aliphatic rings. The summed E-state index contributed by atoms with van der Waals surface area (Å²) in [6.07, 6.45) is 5.14. The average Bonchev–Trinajstić information content (AvgIpc) is 2.96. The highest BCUT2D eigenvalue weighted by Gasteiger charge is 2.26. The predicted molar refractivity (Wildman–Crippen MR) is 106 cm³/mol. The molecule has 0 bridgehead atoms. The Hall–Kier alpha value is -2.40. The molecule has 1 aromatic carbocycles. The van der Waals surface area contributed by atoms with Crippen molar-refractivity contribution >= 4 is 16.6 Å². The number of aromatic nitrogens is 3. The average molecular weight is 349 g/mol. The molecule has 0 saturated carbocycles. The number of hydrogen-bond donors (Lipinski definition) is 1. The van der Waals surface area contributed by atoms with Gasteiger partial charge in [-0.2, -0.15) is 5.10 Å². The molecule has 1 saturated heterocycles. The van der Waals surface area contributed by atoms with Gasteiger partial charge in [-0.25, -0.2) is 0 Å². The van der Waals surface area contributed by atoms with Crippen molar-refractivity contribution in [1.29, 1.82) is 0 Å². The van der Waals surface area contributed by atoms with Crippen LogP contribution in [0.5, 0.6) is 0 Å². The van der Waals surface area contributed by atoms with E-state index in [4.69, 9.17) is 0 Å². The summed E-state index contributed by atoms with van der Waals surface area (Å²) in [7, 11) is 1.98. The van der Waals surface area contributed by atoms with Gasteiger partial charge in [-0.05, 0) is 49.1 Å². The molecule has 0 unspecified atom stereocenters. The molecule has 3 heterocycles. The molecule has 1 aliphatic heterocycles. The van der Waals surface area contributed by atoms with E-state index < -0.39 is 0 Å². The van der Waals surface area contributed by atoms with E-state index in [1.165, 1.54) is 23.1 Å². The molecule has 1 N–H and O–H groups in total. The van der Waals surface area contributed by atoms with Crippen LogP contribution in [0.25, 0.3) is 10.9 Å². The molecule has 0 amide bonds. The number of piperidine rings is 1. The first-order valence-electron chi connectivity index (χ1n) is 9.41. The second kappa shape index (κ2) is 7.08. The number of hydrogen-bond acceptors (Lipinski definition) is 4. The Kier molecular flexibility index (Phi) is 4.64. The van der Waals surface area contributed by atoms with Crippen molar-refractivity contribution < 1.29 is 0 Å². The molecule has 0 aliphatic carbocycles. The van der Waals surface area contributed by atoms with E-state index in [0.717, 1.165) is 30.8 Å². The van der Waals surface area contributed by atoms with Gasteiger partial charge >= 0.3 is 0 Å². The van der Waals surface area contributed by atoms with Gasteiger partial charge in [-0.1, -0.05) is 13.0 Å². The summed E-state index contributed by atoms with van der Waals surface area (Å²) in [6, 6.07) is 11.1. The summed E-state index contributed by atoms with van der Waals surface area (Å²) in [5.74, 6) is 0.651. The van der Waals surface area contributed by atoms with Crippen molar-refractivity contribution in [3.05, 3.63) is 54.0 Å². The molecule has 2 aromatic heterocycles. The van der Waals surface area contributed by atoms with Gasteiger partial charge in [0.2, 0.25) is 0 Å². The van der Waals surface area contributed by atoms with Gasteiger partial charge in [0.25, 0.3) is 0 Å². The Morgan fingerprint density at radius 1 is 1.19 bits per heavy atom. The molecule has 0 spiro atoms.